The monoisotopic (exact) mass is 171 g/mol. The predicted octanol–water partition coefficient (Wildman–Crippen LogP) is 2.97. The van der Waals surface area contributed by atoms with Crippen LogP contribution in [0.15, 0.2) is 18.3 Å². The van der Waals surface area contributed by atoms with Gasteiger partial charge in [0.1, 0.15) is 0 Å². The van der Waals surface area contributed by atoms with Gasteiger partial charge in [-0.25, -0.2) is 0 Å². The summed E-state index contributed by atoms with van der Waals surface area (Å²) >= 11 is 0. The zero-order chi connectivity index (χ0) is 8.84. The molecule has 2 aromatic rings. The summed E-state index contributed by atoms with van der Waals surface area (Å²) in [5.41, 5.74) is 5.86. The molecule has 1 N–H and O–H groups in total. The van der Waals surface area contributed by atoms with Crippen LogP contribution < -0.4 is 0 Å². The van der Waals surface area contributed by atoms with E-state index in [9.17, 15) is 0 Å². The molecule has 0 saturated carbocycles. The van der Waals surface area contributed by atoms with Crippen molar-refractivity contribution in [1.29, 1.82) is 0 Å². The molecule has 3 rings (SSSR count). The van der Waals surface area contributed by atoms with Gasteiger partial charge in [0.25, 0.3) is 0 Å². The van der Waals surface area contributed by atoms with Gasteiger partial charge in [0, 0.05) is 17.1 Å². The largest absolute Gasteiger partial charge is 0.361 e. The highest BCUT2D eigenvalue weighted by Crippen LogP contribution is 2.31. The summed E-state index contributed by atoms with van der Waals surface area (Å²) in [6, 6.07) is 4.49. The van der Waals surface area contributed by atoms with Crippen molar-refractivity contribution in [2.75, 3.05) is 0 Å². The van der Waals surface area contributed by atoms with E-state index >= 15 is 0 Å². The number of hydrogen-bond acceptors (Lipinski definition) is 0. The Morgan fingerprint density at radius 3 is 3.08 bits per heavy atom. The summed E-state index contributed by atoms with van der Waals surface area (Å²) in [5, 5.41) is 1.48. The number of aromatic nitrogens is 1. The highest BCUT2D eigenvalue weighted by Gasteiger charge is 2.15. The van der Waals surface area contributed by atoms with E-state index in [-0.39, 0.29) is 0 Å². The second-order valence-corrected chi connectivity index (χ2v) is 3.95. The molecule has 0 spiro atoms. The van der Waals surface area contributed by atoms with Crippen LogP contribution in [0.25, 0.3) is 10.9 Å². The quantitative estimate of drug-likeness (QED) is 0.627. The molecule has 0 aliphatic heterocycles. The van der Waals surface area contributed by atoms with E-state index in [2.05, 4.69) is 30.2 Å². The van der Waals surface area contributed by atoms with Gasteiger partial charge in [-0.3, -0.25) is 0 Å². The van der Waals surface area contributed by atoms with Crippen LogP contribution in [-0.4, -0.2) is 4.98 Å². The predicted molar refractivity (Wildman–Crippen MR) is 55.1 cm³/mol. The van der Waals surface area contributed by atoms with E-state index < -0.39 is 0 Å². The summed E-state index contributed by atoms with van der Waals surface area (Å²) in [6.45, 7) is 2.19. The van der Waals surface area contributed by atoms with Crippen LogP contribution in [0.5, 0.6) is 0 Å². The average molecular weight is 171 g/mol. The van der Waals surface area contributed by atoms with Crippen molar-refractivity contribution in [2.24, 2.45) is 0 Å². The maximum absolute atomic E-state index is 3.32. The second-order valence-electron chi connectivity index (χ2n) is 3.95. The number of rotatable bonds is 0. The van der Waals surface area contributed by atoms with Gasteiger partial charge in [0.2, 0.25) is 0 Å². The minimum absolute atomic E-state index is 1.27. The third-order valence-electron chi connectivity index (χ3n) is 3.12. The lowest BCUT2D eigenvalue weighted by Gasteiger charge is -2.01. The van der Waals surface area contributed by atoms with Crippen molar-refractivity contribution in [3.63, 3.8) is 0 Å². The molecular weight excluding hydrogens is 158 g/mol. The Bertz CT molecular complexity index is 465. The van der Waals surface area contributed by atoms with Crippen LogP contribution in [-0.2, 0) is 12.8 Å². The molecule has 0 fully saturated rings. The molecule has 1 aromatic heterocycles. The van der Waals surface area contributed by atoms with E-state index in [0.717, 1.165) is 0 Å². The number of hydrogen-bond donors (Lipinski definition) is 1. The molecule has 66 valence electrons. The Morgan fingerprint density at radius 2 is 2.15 bits per heavy atom. The third-order valence-corrected chi connectivity index (χ3v) is 3.12. The smallest absolute Gasteiger partial charge is 0.0459 e. The lowest BCUT2D eigenvalue weighted by molar-refractivity contribution is 0.913. The zero-order valence-corrected chi connectivity index (χ0v) is 7.85. The number of aryl methyl sites for hydroxylation is 3. The van der Waals surface area contributed by atoms with Crippen molar-refractivity contribution >= 4 is 10.9 Å². The molecular formula is C12H13N. The van der Waals surface area contributed by atoms with Crippen LogP contribution in [0.1, 0.15) is 23.1 Å². The van der Waals surface area contributed by atoms with Gasteiger partial charge in [-0.1, -0.05) is 6.07 Å². The average Bonchev–Trinajstić information content (AvgIpc) is 2.70. The molecule has 1 heteroatoms. The van der Waals surface area contributed by atoms with E-state index in [1.807, 2.05) is 0 Å². The van der Waals surface area contributed by atoms with E-state index in [1.54, 1.807) is 11.1 Å². The fraction of sp³-hybridized carbons (Fsp3) is 0.333. The molecule has 1 aliphatic rings. The summed E-state index contributed by atoms with van der Waals surface area (Å²) < 4.78 is 0. The van der Waals surface area contributed by atoms with E-state index in [0.29, 0.717) is 0 Å². The molecule has 0 amide bonds. The molecule has 0 radical (unpaired) electrons. The zero-order valence-electron chi connectivity index (χ0n) is 7.85. The van der Waals surface area contributed by atoms with Crippen molar-refractivity contribution in [3.8, 4) is 0 Å². The fourth-order valence-corrected chi connectivity index (χ4v) is 2.50. The standard InChI is InChI=1S/C12H13N/c1-8-7-13-11-6-5-9-3-2-4-10(9)12(8)11/h5-7,13H,2-4H2,1H3. The normalized spacial score (nSPS) is 15.2. The molecule has 0 saturated heterocycles. The SMILES string of the molecule is Cc1c[nH]c2ccc3c(c12)CCC3. The Morgan fingerprint density at radius 1 is 1.23 bits per heavy atom. The summed E-state index contributed by atoms with van der Waals surface area (Å²) in [6.07, 6.45) is 5.99. The first kappa shape index (κ1) is 7.19. The number of H-pyrrole nitrogens is 1. The highest BCUT2D eigenvalue weighted by atomic mass is 14.7. The first-order valence-electron chi connectivity index (χ1n) is 4.95. The number of nitrogens with one attached hydrogen (secondary N) is 1. The van der Waals surface area contributed by atoms with Crippen LogP contribution in [0.4, 0.5) is 0 Å². The summed E-state index contributed by atoms with van der Waals surface area (Å²) in [7, 11) is 0. The van der Waals surface area contributed by atoms with Crippen molar-refractivity contribution in [2.45, 2.75) is 26.2 Å². The molecule has 1 heterocycles. The maximum Gasteiger partial charge on any atom is 0.0459 e. The fourth-order valence-electron chi connectivity index (χ4n) is 2.50. The first-order valence-corrected chi connectivity index (χ1v) is 4.95. The van der Waals surface area contributed by atoms with Gasteiger partial charge < -0.3 is 4.98 Å². The minimum Gasteiger partial charge on any atom is -0.361 e. The Kier molecular flexibility index (Phi) is 1.32. The van der Waals surface area contributed by atoms with Crippen molar-refractivity contribution in [3.05, 3.63) is 35.0 Å². The van der Waals surface area contributed by atoms with Crippen LogP contribution in [0.3, 0.4) is 0 Å². The first-order chi connectivity index (χ1) is 6.36. The van der Waals surface area contributed by atoms with Crippen molar-refractivity contribution in [1.82, 2.24) is 4.98 Å². The molecule has 0 atom stereocenters. The van der Waals surface area contributed by atoms with Gasteiger partial charge in [-0.2, -0.15) is 0 Å². The van der Waals surface area contributed by atoms with Gasteiger partial charge in [-0.05, 0) is 48.9 Å². The Balaban J connectivity index is 2.47. The van der Waals surface area contributed by atoms with Gasteiger partial charge in [0.05, 0.1) is 0 Å². The highest BCUT2D eigenvalue weighted by molar-refractivity contribution is 5.87. The molecule has 0 bridgehead atoms. The van der Waals surface area contributed by atoms with E-state index in [1.165, 1.54) is 35.7 Å². The van der Waals surface area contributed by atoms with Crippen LogP contribution in [0.2, 0.25) is 0 Å². The van der Waals surface area contributed by atoms with Gasteiger partial charge >= 0.3 is 0 Å². The number of aromatic amines is 1. The molecule has 0 unspecified atom stereocenters. The van der Waals surface area contributed by atoms with Crippen LogP contribution >= 0.6 is 0 Å². The third kappa shape index (κ3) is 0.873. The topological polar surface area (TPSA) is 15.8 Å². The lowest BCUT2D eigenvalue weighted by atomic mass is 10.0. The molecule has 1 nitrogen and oxygen atoms in total. The van der Waals surface area contributed by atoms with Gasteiger partial charge in [-0.15, -0.1) is 0 Å². The van der Waals surface area contributed by atoms with E-state index in [4.69, 9.17) is 0 Å². The Labute approximate surface area is 77.8 Å². The van der Waals surface area contributed by atoms with Crippen molar-refractivity contribution < 1.29 is 0 Å². The summed E-state index contributed by atoms with van der Waals surface area (Å²) in [4.78, 5) is 3.32. The maximum atomic E-state index is 3.32. The molecule has 13 heavy (non-hydrogen) atoms. The molecule has 1 aromatic carbocycles. The molecule has 1 aliphatic carbocycles. The lowest BCUT2D eigenvalue weighted by Crippen LogP contribution is -1.83. The minimum atomic E-state index is 1.27. The van der Waals surface area contributed by atoms with Gasteiger partial charge in [0.15, 0.2) is 0 Å². The number of benzene rings is 1. The summed E-state index contributed by atoms with van der Waals surface area (Å²) in [5.74, 6) is 0. The number of fused-ring (bicyclic) bond motifs is 3. The second kappa shape index (κ2) is 2.38. The van der Waals surface area contributed by atoms with Crippen LogP contribution in [0, 0.1) is 6.92 Å². The Hall–Kier alpha value is -1.24.